The second-order valence-corrected chi connectivity index (χ2v) is 11.8. The van der Waals surface area contributed by atoms with Crippen LogP contribution in [0.25, 0.3) is 0 Å². The van der Waals surface area contributed by atoms with Gasteiger partial charge in [-0.2, -0.15) is 0 Å². The molecule has 1 unspecified atom stereocenters. The van der Waals surface area contributed by atoms with Gasteiger partial charge in [-0.25, -0.2) is 0 Å². The minimum atomic E-state index is -0.850. The van der Waals surface area contributed by atoms with E-state index < -0.39 is 12.1 Å². The number of rotatable bonds is 26. The van der Waals surface area contributed by atoms with E-state index in [1.54, 1.807) is 0 Å². The summed E-state index contributed by atoms with van der Waals surface area (Å²) >= 11 is 0. The van der Waals surface area contributed by atoms with Gasteiger partial charge in [0.1, 0.15) is 13.2 Å². The van der Waals surface area contributed by atoms with Crippen molar-refractivity contribution in [2.75, 3.05) is 13.2 Å². The molecule has 49 heavy (non-hydrogen) atoms. The van der Waals surface area contributed by atoms with Gasteiger partial charge >= 0.3 is 17.9 Å². The van der Waals surface area contributed by atoms with Crippen molar-refractivity contribution in [2.24, 2.45) is 0 Å². The lowest BCUT2D eigenvalue weighted by Gasteiger charge is -2.18. The van der Waals surface area contributed by atoms with Crippen LogP contribution in [0.4, 0.5) is 0 Å². The van der Waals surface area contributed by atoms with Gasteiger partial charge in [-0.15, -0.1) is 0 Å². The first-order valence-electron chi connectivity index (χ1n) is 17.9. The molecule has 0 N–H and O–H groups in total. The molecule has 0 spiro atoms. The lowest BCUT2D eigenvalue weighted by molar-refractivity contribution is -0.167. The topological polar surface area (TPSA) is 78.9 Å². The second kappa shape index (κ2) is 28.6. The van der Waals surface area contributed by atoms with Crippen molar-refractivity contribution in [2.45, 2.75) is 103 Å². The lowest BCUT2D eigenvalue weighted by atomic mass is 10.1. The summed E-state index contributed by atoms with van der Waals surface area (Å²) in [5, 5.41) is 0. The molecular formula is C43H56O6. The molecule has 6 heteroatoms. The van der Waals surface area contributed by atoms with E-state index in [9.17, 15) is 14.4 Å². The van der Waals surface area contributed by atoms with Gasteiger partial charge in [-0.1, -0.05) is 128 Å². The van der Waals surface area contributed by atoms with E-state index in [1.165, 1.54) is 0 Å². The van der Waals surface area contributed by atoms with Crippen molar-refractivity contribution >= 4 is 17.9 Å². The van der Waals surface area contributed by atoms with Crippen LogP contribution in [-0.4, -0.2) is 37.2 Å². The molecule has 2 rings (SSSR count). The first-order chi connectivity index (χ1) is 24.1. The Kier molecular flexibility index (Phi) is 23.7. The summed E-state index contributed by atoms with van der Waals surface area (Å²) in [5.41, 5.74) is 2.31. The predicted octanol–water partition coefficient (Wildman–Crippen LogP) is 9.95. The zero-order chi connectivity index (χ0) is 35.0. The van der Waals surface area contributed by atoms with Crippen LogP contribution in [0.2, 0.25) is 0 Å². The second-order valence-electron chi connectivity index (χ2n) is 11.8. The van der Waals surface area contributed by atoms with Gasteiger partial charge in [0.15, 0.2) is 6.10 Å². The Bertz CT molecular complexity index is 1310. The monoisotopic (exact) mass is 668 g/mol. The Balaban J connectivity index is 1.65. The Morgan fingerprint density at radius 3 is 1.41 bits per heavy atom. The number of benzene rings is 2. The van der Waals surface area contributed by atoms with Crippen LogP contribution in [-0.2, 0) is 41.4 Å². The Morgan fingerprint density at radius 1 is 0.531 bits per heavy atom. The molecule has 0 fully saturated rings. The van der Waals surface area contributed by atoms with Crippen LogP contribution in [0.1, 0.15) is 95.1 Å². The highest BCUT2D eigenvalue weighted by Gasteiger charge is 2.19. The van der Waals surface area contributed by atoms with Crippen LogP contribution < -0.4 is 0 Å². The maximum atomic E-state index is 12.6. The summed E-state index contributed by atoms with van der Waals surface area (Å²) < 4.78 is 16.4. The first-order valence-corrected chi connectivity index (χ1v) is 17.9. The zero-order valence-corrected chi connectivity index (χ0v) is 29.4. The summed E-state index contributed by atoms with van der Waals surface area (Å²) in [5.74, 6) is -1.15. The maximum Gasteiger partial charge on any atom is 0.306 e. The van der Waals surface area contributed by atoms with Crippen molar-refractivity contribution in [3.63, 3.8) is 0 Å². The summed E-state index contributed by atoms with van der Waals surface area (Å²) in [7, 11) is 0. The molecular weight excluding hydrogens is 612 g/mol. The van der Waals surface area contributed by atoms with E-state index in [0.717, 1.165) is 62.5 Å². The van der Waals surface area contributed by atoms with Crippen molar-refractivity contribution in [3.8, 4) is 0 Å². The van der Waals surface area contributed by atoms with Gasteiger partial charge in [0.05, 0.1) is 0 Å². The molecule has 2 aromatic rings. The predicted molar refractivity (Wildman–Crippen MR) is 199 cm³/mol. The van der Waals surface area contributed by atoms with Gasteiger partial charge in [0.2, 0.25) is 0 Å². The minimum Gasteiger partial charge on any atom is -0.462 e. The highest BCUT2D eigenvalue weighted by molar-refractivity contribution is 5.71. The molecule has 0 aliphatic rings. The number of hydrogen-bond donors (Lipinski definition) is 0. The molecule has 1 atom stereocenters. The number of hydrogen-bond acceptors (Lipinski definition) is 6. The normalized spacial score (nSPS) is 12.4. The number of unbranched alkanes of at least 4 members (excludes halogenated alkanes) is 1. The highest BCUT2D eigenvalue weighted by Crippen LogP contribution is 2.10. The van der Waals surface area contributed by atoms with Crippen molar-refractivity contribution < 1.29 is 28.6 Å². The number of carbonyl (C=O) groups excluding carboxylic acids is 3. The van der Waals surface area contributed by atoms with Crippen LogP contribution in [0.3, 0.4) is 0 Å². The molecule has 0 amide bonds. The fourth-order valence-corrected chi connectivity index (χ4v) is 4.77. The Morgan fingerprint density at radius 2 is 0.939 bits per heavy atom. The number of allylic oxidation sites excluding steroid dienone is 10. The van der Waals surface area contributed by atoms with Crippen molar-refractivity contribution in [1.82, 2.24) is 0 Å². The third-order valence-electron chi connectivity index (χ3n) is 7.45. The van der Waals surface area contributed by atoms with Crippen LogP contribution in [0.15, 0.2) is 121 Å². The Hall–Kier alpha value is -4.45. The fourth-order valence-electron chi connectivity index (χ4n) is 4.77. The van der Waals surface area contributed by atoms with Crippen LogP contribution >= 0.6 is 0 Å². The van der Waals surface area contributed by atoms with E-state index in [-0.39, 0.29) is 44.4 Å². The quantitative estimate of drug-likeness (QED) is 0.0430. The summed E-state index contributed by atoms with van der Waals surface area (Å²) in [4.78, 5) is 37.4. The van der Waals surface area contributed by atoms with Gasteiger partial charge in [-0.05, 0) is 81.8 Å². The van der Waals surface area contributed by atoms with Gasteiger partial charge in [0, 0.05) is 19.3 Å². The molecule has 0 heterocycles. The smallest absolute Gasteiger partial charge is 0.306 e. The maximum absolute atomic E-state index is 12.6. The standard InChI is InChI=1S/C43H56O6/c1-2-3-4-5-6-7-8-9-10-11-12-13-14-15-16-17-24-33-41(44)47-36-40(49-43(46)35-26-32-39-29-22-19-23-30-39)37-48-42(45)34-25-31-38-27-20-18-21-28-38/h3-4,6-7,9-10,12-13,15-16,18-23,27-30,40H,2,5,8,11,14,17,24-26,31-37H2,1H3/b4-3-,7-6-,10-9-,13-12-,16-15-. The van der Waals surface area contributed by atoms with Gasteiger partial charge in [-0.3, -0.25) is 14.4 Å². The summed E-state index contributed by atoms with van der Waals surface area (Å²) in [6.45, 7) is 1.84. The molecule has 264 valence electrons. The molecule has 0 saturated carbocycles. The third-order valence-corrected chi connectivity index (χ3v) is 7.45. The first kappa shape index (κ1) is 40.7. The van der Waals surface area contributed by atoms with E-state index >= 15 is 0 Å². The zero-order valence-electron chi connectivity index (χ0n) is 29.4. The van der Waals surface area contributed by atoms with Gasteiger partial charge < -0.3 is 14.2 Å². The largest absolute Gasteiger partial charge is 0.462 e. The molecule has 6 nitrogen and oxygen atoms in total. The average molecular weight is 669 g/mol. The number of ether oxygens (including phenoxy) is 3. The summed E-state index contributed by atoms with van der Waals surface area (Å²) in [6, 6.07) is 19.9. The third kappa shape index (κ3) is 23.5. The van der Waals surface area contributed by atoms with Crippen molar-refractivity contribution in [3.05, 3.63) is 133 Å². The SMILES string of the molecule is CC/C=C\C/C=C\C/C=C\C/C=C\C/C=C\CCCC(=O)OCC(COC(=O)CCCc1ccccc1)OC(=O)CCCc1ccccc1. The van der Waals surface area contributed by atoms with E-state index in [2.05, 4.69) is 67.7 Å². The van der Waals surface area contributed by atoms with Crippen LogP contribution in [0.5, 0.6) is 0 Å². The van der Waals surface area contributed by atoms with E-state index in [1.807, 2.05) is 60.7 Å². The fraction of sp³-hybridized carbons (Fsp3) is 0.419. The molecule has 0 aliphatic heterocycles. The molecule has 0 radical (unpaired) electrons. The van der Waals surface area contributed by atoms with Crippen LogP contribution in [0, 0.1) is 0 Å². The molecule has 0 saturated heterocycles. The number of esters is 3. The minimum absolute atomic E-state index is 0.151. The number of carbonyl (C=O) groups is 3. The highest BCUT2D eigenvalue weighted by atomic mass is 16.6. The van der Waals surface area contributed by atoms with Crippen molar-refractivity contribution in [1.29, 1.82) is 0 Å². The molecule has 0 aromatic heterocycles. The van der Waals surface area contributed by atoms with E-state index in [4.69, 9.17) is 14.2 Å². The molecule has 0 aliphatic carbocycles. The van der Waals surface area contributed by atoms with Gasteiger partial charge in [0.25, 0.3) is 0 Å². The number of aryl methyl sites for hydroxylation is 2. The van der Waals surface area contributed by atoms with E-state index in [0.29, 0.717) is 19.3 Å². The summed E-state index contributed by atoms with van der Waals surface area (Å²) in [6.07, 6.45) is 30.5. The molecule has 2 aromatic carbocycles. The average Bonchev–Trinajstić information content (AvgIpc) is 3.11. The Labute approximate surface area is 294 Å². The molecule has 0 bridgehead atoms. The lowest BCUT2D eigenvalue weighted by Crippen LogP contribution is -2.31.